The molecule has 2 amide bonds. The number of halogens is 1. The Hall–Kier alpha value is -1.56. The number of nitrogen functional groups attached to an aromatic ring is 1. The van der Waals surface area contributed by atoms with Crippen LogP contribution >= 0.6 is 15.9 Å². The van der Waals surface area contributed by atoms with E-state index in [4.69, 9.17) is 5.73 Å². The molecule has 116 valence electrons. The fourth-order valence-corrected chi connectivity index (χ4v) is 2.29. The Morgan fingerprint density at radius 3 is 2.43 bits per heavy atom. The molecule has 3 N–H and O–H groups in total. The number of hydrogen-bond acceptors (Lipinski definition) is 3. The highest BCUT2D eigenvalue weighted by atomic mass is 79.9. The van der Waals surface area contributed by atoms with Gasteiger partial charge in [-0.3, -0.25) is 9.59 Å². The van der Waals surface area contributed by atoms with E-state index in [0.717, 1.165) is 0 Å². The minimum Gasteiger partial charge on any atom is -0.398 e. The molecular formula is C15H22BrN3O2. The second kappa shape index (κ2) is 7.45. The molecule has 0 aromatic heterocycles. The van der Waals surface area contributed by atoms with Crippen LogP contribution in [0, 0.1) is 5.92 Å². The molecule has 6 heteroatoms. The zero-order valence-corrected chi connectivity index (χ0v) is 14.4. The fourth-order valence-electron chi connectivity index (χ4n) is 1.91. The van der Waals surface area contributed by atoms with Crippen molar-refractivity contribution in [2.24, 2.45) is 5.92 Å². The van der Waals surface area contributed by atoms with Gasteiger partial charge >= 0.3 is 0 Å². The van der Waals surface area contributed by atoms with Crippen molar-refractivity contribution in [2.75, 3.05) is 19.8 Å². The van der Waals surface area contributed by atoms with Crippen LogP contribution in [0.3, 0.4) is 0 Å². The summed E-state index contributed by atoms with van der Waals surface area (Å²) in [6.07, 6.45) is 0.596. The van der Waals surface area contributed by atoms with Crippen LogP contribution in [0.1, 0.15) is 30.6 Å². The van der Waals surface area contributed by atoms with Gasteiger partial charge in [-0.25, -0.2) is 0 Å². The van der Waals surface area contributed by atoms with E-state index < -0.39 is 6.04 Å². The van der Waals surface area contributed by atoms with E-state index in [1.54, 1.807) is 32.3 Å². The van der Waals surface area contributed by atoms with Crippen LogP contribution in [-0.2, 0) is 4.79 Å². The highest BCUT2D eigenvalue weighted by Crippen LogP contribution is 2.20. The molecule has 21 heavy (non-hydrogen) atoms. The first-order chi connectivity index (χ1) is 9.72. The number of nitrogens with zero attached hydrogens (tertiary/aromatic N) is 1. The van der Waals surface area contributed by atoms with Crippen molar-refractivity contribution in [2.45, 2.75) is 26.3 Å². The number of benzene rings is 1. The predicted octanol–water partition coefficient (Wildman–Crippen LogP) is 2.26. The highest BCUT2D eigenvalue weighted by molar-refractivity contribution is 9.10. The minimum absolute atomic E-state index is 0.105. The quantitative estimate of drug-likeness (QED) is 0.795. The smallest absolute Gasteiger partial charge is 0.251 e. The first-order valence-electron chi connectivity index (χ1n) is 6.79. The Balaban J connectivity index is 2.89. The van der Waals surface area contributed by atoms with Gasteiger partial charge in [0.15, 0.2) is 0 Å². The molecule has 1 aromatic carbocycles. The lowest BCUT2D eigenvalue weighted by Gasteiger charge is -2.23. The monoisotopic (exact) mass is 355 g/mol. The number of likely N-dealkylation sites (N-methyl/N-ethyl adjacent to an activating group) is 1. The number of amides is 2. The molecular weight excluding hydrogens is 334 g/mol. The lowest BCUT2D eigenvalue weighted by molar-refractivity contribution is -0.131. The maximum Gasteiger partial charge on any atom is 0.251 e. The molecule has 5 nitrogen and oxygen atoms in total. The number of carbonyl (C=O) groups excluding carboxylic acids is 2. The molecule has 0 heterocycles. The van der Waals surface area contributed by atoms with Gasteiger partial charge in [-0.05, 0) is 46.5 Å². The number of rotatable bonds is 5. The van der Waals surface area contributed by atoms with Gasteiger partial charge in [0, 0.05) is 29.8 Å². The third-order valence-corrected chi connectivity index (χ3v) is 3.70. The number of carbonyl (C=O) groups is 2. The zero-order valence-electron chi connectivity index (χ0n) is 12.8. The Morgan fingerprint density at radius 1 is 1.33 bits per heavy atom. The van der Waals surface area contributed by atoms with Gasteiger partial charge in [0.2, 0.25) is 5.91 Å². The van der Waals surface area contributed by atoms with Crippen molar-refractivity contribution >= 4 is 33.4 Å². The second-order valence-corrected chi connectivity index (χ2v) is 6.48. The van der Waals surface area contributed by atoms with Crippen molar-refractivity contribution in [3.63, 3.8) is 0 Å². The van der Waals surface area contributed by atoms with E-state index in [9.17, 15) is 9.59 Å². The summed E-state index contributed by atoms with van der Waals surface area (Å²) in [5.74, 6) is -0.0829. The van der Waals surface area contributed by atoms with E-state index in [2.05, 4.69) is 21.2 Å². The Morgan fingerprint density at radius 2 is 1.95 bits per heavy atom. The largest absolute Gasteiger partial charge is 0.398 e. The summed E-state index contributed by atoms with van der Waals surface area (Å²) in [4.78, 5) is 25.9. The van der Waals surface area contributed by atoms with E-state index in [1.807, 2.05) is 13.8 Å². The summed E-state index contributed by atoms with van der Waals surface area (Å²) < 4.78 is 0.662. The van der Waals surface area contributed by atoms with E-state index in [1.165, 1.54) is 4.90 Å². The average Bonchev–Trinajstić information content (AvgIpc) is 2.39. The lowest BCUT2D eigenvalue weighted by Crippen LogP contribution is -2.46. The lowest BCUT2D eigenvalue weighted by atomic mass is 10.0. The second-order valence-electron chi connectivity index (χ2n) is 5.62. The van der Waals surface area contributed by atoms with Crippen molar-refractivity contribution in [3.8, 4) is 0 Å². The molecule has 0 radical (unpaired) electrons. The molecule has 1 aromatic rings. The van der Waals surface area contributed by atoms with Crippen LogP contribution in [0.4, 0.5) is 5.69 Å². The first kappa shape index (κ1) is 17.5. The van der Waals surface area contributed by atoms with Gasteiger partial charge in [-0.1, -0.05) is 13.8 Å². The van der Waals surface area contributed by atoms with Crippen molar-refractivity contribution in [3.05, 3.63) is 28.2 Å². The van der Waals surface area contributed by atoms with Crippen LogP contribution in [0.15, 0.2) is 22.7 Å². The number of anilines is 1. The summed E-state index contributed by atoms with van der Waals surface area (Å²) in [5.41, 5.74) is 6.74. The van der Waals surface area contributed by atoms with Crippen molar-refractivity contribution < 1.29 is 9.59 Å². The molecule has 0 aliphatic rings. The zero-order chi connectivity index (χ0) is 16.2. The van der Waals surface area contributed by atoms with Crippen LogP contribution in [-0.4, -0.2) is 36.9 Å². The summed E-state index contributed by atoms with van der Waals surface area (Å²) in [5, 5.41) is 2.80. The van der Waals surface area contributed by atoms with Crippen molar-refractivity contribution in [1.82, 2.24) is 10.2 Å². The molecule has 0 bridgehead atoms. The van der Waals surface area contributed by atoms with Gasteiger partial charge in [-0.15, -0.1) is 0 Å². The van der Waals surface area contributed by atoms with E-state index >= 15 is 0 Å². The molecule has 0 saturated carbocycles. The third kappa shape index (κ3) is 5.04. The van der Waals surface area contributed by atoms with Gasteiger partial charge in [0.05, 0.1) is 0 Å². The normalized spacial score (nSPS) is 12.1. The van der Waals surface area contributed by atoms with Gasteiger partial charge in [0.1, 0.15) is 6.04 Å². The Labute approximate surface area is 134 Å². The summed E-state index contributed by atoms with van der Waals surface area (Å²) in [7, 11) is 3.36. The molecule has 0 fully saturated rings. The predicted molar refractivity (Wildman–Crippen MR) is 88.0 cm³/mol. The topological polar surface area (TPSA) is 75.4 Å². The Bertz CT molecular complexity index is 530. The van der Waals surface area contributed by atoms with Crippen molar-refractivity contribution in [1.29, 1.82) is 0 Å². The molecule has 1 rings (SSSR count). The van der Waals surface area contributed by atoms with E-state index in [0.29, 0.717) is 28.1 Å². The fraction of sp³-hybridized carbons (Fsp3) is 0.467. The highest BCUT2D eigenvalue weighted by Gasteiger charge is 2.24. The van der Waals surface area contributed by atoms with Crippen LogP contribution in [0.25, 0.3) is 0 Å². The number of hydrogen-bond donors (Lipinski definition) is 2. The summed E-state index contributed by atoms with van der Waals surface area (Å²) in [6, 6.07) is 4.42. The van der Waals surface area contributed by atoms with Crippen LogP contribution in [0.2, 0.25) is 0 Å². The molecule has 0 spiro atoms. The SMILES string of the molecule is CC(C)CC(NC(=O)c1ccc(N)c(Br)c1)C(=O)N(C)C. The average molecular weight is 356 g/mol. The molecule has 1 unspecified atom stereocenters. The number of nitrogens with one attached hydrogen (secondary N) is 1. The molecule has 0 aliphatic carbocycles. The van der Waals surface area contributed by atoms with Gasteiger partial charge in [-0.2, -0.15) is 0 Å². The van der Waals surface area contributed by atoms with Gasteiger partial charge in [0.25, 0.3) is 5.91 Å². The first-order valence-corrected chi connectivity index (χ1v) is 7.58. The molecule has 0 aliphatic heterocycles. The minimum atomic E-state index is -0.524. The van der Waals surface area contributed by atoms with Gasteiger partial charge < -0.3 is 16.0 Å². The third-order valence-electron chi connectivity index (χ3n) is 3.01. The molecule has 1 atom stereocenters. The Kier molecular flexibility index (Phi) is 6.20. The summed E-state index contributed by atoms with van der Waals surface area (Å²) in [6.45, 7) is 4.03. The standard InChI is InChI=1S/C15H22BrN3O2/c1-9(2)7-13(15(21)19(3)4)18-14(20)10-5-6-12(17)11(16)8-10/h5-6,8-9,13H,7,17H2,1-4H3,(H,18,20). The van der Waals surface area contributed by atoms with E-state index in [-0.39, 0.29) is 11.8 Å². The van der Waals surface area contributed by atoms with Crippen LogP contribution in [0.5, 0.6) is 0 Å². The number of nitrogens with two attached hydrogens (primary N) is 1. The van der Waals surface area contributed by atoms with Crippen LogP contribution < -0.4 is 11.1 Å². The maximum absolute atomic E-state index is 12.3. The maximum atomic E-state index is 12.3. The molecule has 0 saturated heterocycles. The summed E-state index contributed by atoms with van der Waals surface area (Å²) >= 11 is 3.29.